The Morgan fingerprint density at radius 2 is 1.87 bits per heavy atom. The van der Waals surface area contributed by atoms with Gasteiger partial charge in [-0.25, -0.2) is 0 Å². The predicted octanol–water partition coefficient (Wildman–Crippen LogP) is 2.79. The monoisotopic (exact) mass is 402 g/mol. The Balaban J connectivity index is 1.40. The zero-order chi connectivity index (χ0) is 20.8. The standard InChI is InChI=1S/C23H26N6O/c1-15-4-7-17(8-5-15)23-24-26-28(25-23)14-22(30)29-20-9-6-16(2)12-18(20)19-13-27(3)11-10-21(19)29/h4-9,12,19,21H,10-11,13-14H2,1-3H3/t19-,21+/m0/s1. The molecule has 7 heteroatoms. The maximum absolute atomic E-state index is 13.4. The molecule has 1 saturated heterocycles. The number of benzene rings is 2. The summed E-state index contributed by atoms with van der Waals surface area (Å²) in [6.45, 7) is 6.21. The van der Waals surface area contributed by atoms with Gasteiger partial charge >= 0.3 is 0 Å². The number of carbonyl (C=O) groups excluding carboxylic acids is 1. The Morgan fingerprint density at radius 1 is 1.10 bits per heavy atom. The summed E-state index contributed by atoms with van der Waals surface area (Å²) in [6, 6.07) is 14.6. The van der Waals surface area contributed by atoms with Crippen molar-refractivity contribution in [3.63, 3.8) is 0 Å². The van der Waals surface area contributed by atoms with Crippen molar-refractivity contribution in [3.8, 4) is 11.4 Å². The highest BCUT2D eigenvalue weighted by Crippen LogP contribution is 2.45. The SMILES string of the molecule is Cc1ccc(-c2nnn(CC(=O)N3c4ccc(C)cc4[C@@H]4CN(C)CC[C@H]43)n2)cc1. The molecule has 2 aliphatic rings. The predicted molar refractivity (Wildman–Crippen MR) is 115 cm³/mol. The lowest BCUT2D eigenvalue weighted by Gasteiger charge is -2.36. The van der Waals surface area contributed by atoms with Gasteiger partial charge in [-0.05, 0) is 50.7 Å². The van der Waals surface area contributed by atoms with Gasteiger partial charge in [0, 0.05) is 29.8 Å². The lowest BCUT2D eigenvalue weighted by Crippen LogP contribution is -2.48. The van der Waals surface area contributed by atoms with Crippen molar-refractivity contribution in [2.24, 2.45) is 0 Å². The van der Waals surface area contributed by atoms with Crippen molar-refractivity contribution < 1.29 is 4.79 Å². The normalized spacial score (nSPS) is 20.8. The molecule has 0 radical (unpaired) electrons. The summed E-state index contributed by atoms with van der Waals surface area (Å²) in [6.07, 6.45) is 0.972. The summed E-state index contributed by atoms with van der Waals surface area (Å²) < 4.78 is 0. The number of hydrogen-bond donors (Lipinski definition) is 0. The summed E-state index contributed by atoms with van der Waals surface area (Å²) >= 11 is 0. The highest BCUT2D eigenvalue weighted by Gasteiger charge is 2.43. The lowest BCUT2D eigenvalue weighted by atomic mass is 9.89. The van der Waals surface area contributed by atoms with Crippen LogP contribution < -0.4 is 4.90 Å². The molecule has 3 aromatic rings. The van der Waals surface area contributed by atoms with Crippen LogP contribution in [0.2, 0.25) is 0 Å². The molecule has 0 bridgehead atoms. The topological polar surface area (TPSA) is 67.2 Å². The number of hydrogen-bond acceptors (Lipinski definition) is 5. The van der Waals surface area contributed by atoms with Gasteiger partial charge in [-0.2, -0.15) is 4.80 Å². The van der Waals surface area contributed by atoms with Crippen molar-refractivity contribution in [2.45, 2.75) is 38.8 Å². The van der Waals surface area contributed by atoms with Gasteiger partial charge in [0.25, 0.3) is 5.91 Å². The quantitative estimate of drug-likeness (QED) is 0.674. The Bertz CT molecular complexity index is 1090. The van der Waals surface area contributed by atoms with Crippen molar-refractivity contribution in [3.05, 3.63) is 59.2 Å². The molecule has 7 nitrogen and oxygen atoms in total. The molecule has 1 amide bonds. The molecule has 0 saturated carbocycles. The van der Waals surface area contributed by atoms with E-state index in [4.69, 9.17) is 0 Å². The minimum Gasteiger partial charge on any atom is -0.307 e. The molecule has 5 rings (SSSR count). The van der Waals surface area contributed by atoms with E-state index in [1.54, 1.807) is 0 Å². The van der Waals surface area contributed by atoms with Crippen LogP contribution in [0, 0.1) is 13.8 Å². The Kier molecular flexibility index (Phi) is 4.62. The van der Waals surface area contributed by atoms with Gasteiger partial charge in [0.15, 0.2) is 0 Å². The van der Waals surface area contributed by atoms with Crippen LogP contribution >= 0.6 is 0 Å². The van der Waals surface area contributed by atoms with Crippen molar-refractivity contribution in [2.75, 3.05) is 25.0 Å². The fraction of sp³-hybridized carbons (Fsp3) is 0.391. The van der Waals surface area contributed by atoms with Crippen LogP contribution in [-0.4, -0.2) is 57.2 Å². The molecule has 0 N–H and O–H groups in total. The van der Waals surface area contributed by atoms with Crippen LogP contribution in [0.4, 0.5) is 5.69 Å². The van der Waals surface area contributed by atoms with Gasteiger partial charge < -0.3 is 9.80 Å². The highest BCUT2D eigenvalue weighted by atomic mass is 16.2. The minimum absolute atomic E-state index is 0.0185. The van der Waals surface area contributed by atoms with Crippen LogP contribution in [0.1, 0.15) is 29.0 Å². The number of rotatable bonds is 3. The first kappa shape index (κ1) is 18.9. The molecule has 1 fully saturated rings. The van der Waals surface area contributed by atoms with E-state index in [0.717, 1.165) is 30.8 Å². The van der Waals surface area contributed by atoms with Gasteiger partial charge in [-0.15, -0.1) is 10.2 Å². The number of anilines is 1. The molecule has 0 aliphatic carbocycles. The number of fused-ring (bicyclic) bond motifs is 3. The second-order valence-electron chi connectivity index (χ2n) is 8.56. The van der Waals surface area contributed by atoms with Gasteiger partial charge in [0.1, 0.15) is 6.54 Å². The number of piperidine rings is 1. The third-order valence-corrected chi connectivity index (χ3v) is 6.26. The lowest BCUT2D eigenvalue weighted by molar-refractivity contribution is -0.120. The summed E-state index contributed by atoms with van der Waals surface area (Å²) in [5, 5.41) is 12.7. The molecule has 2 aromatic carbocycles. The fourth-order valence-corrected chi connectivity index (χ4v) is 4.73. The van der Waals surface area contributed by atoms with E-state index in [2.05, 4.69) is 52.5 Å². The Morgan fingerprint density at radius 3 is 2.67 bits per heavy atom. The number of likely N-dealkylation sites (N-methyl/N-ethyl adjacent to an activating group) is 1. The number of nitrogens with zero attached hydrogens (tertiary/aromatic N) is 6. The van der Waals surface area contributed by atoms with Crippen LogP contribution in [-0.2, 0) is 11.3 Å². The van der Waals surface area contributed by atoms with Gasteiger partial charge in [-0.1, -0.05) is 47.5 Å². The van der Waals surface area contributed by atoms with Crippen molar-refractivity contribution >= 4 is 11.6 Å². The van der Waals surface area contributed by atoms with Gasteiger partial charge in [-0.3, -0.25) is 4.79 Å². The van der Waals surface area contributed by atoms with Gasteiger partial charge in [0.2, 0.25) is 5.82 Å². The third-order valence-electron chi connectivity index (χ3n) is 6.26. The summed E-state index contributed by atoms with van der Waals surface area (Å²) in [7, 11) is 2.15. The van der Waals surface area contributed by atoms with Gasteiger partial charge in [0.05, 0.1) is 0 Å². The number of carbonyl (C=O) groups is 1. The number of likely N-dealkylation sites (tertiary alicyclic amines) is 1. The molecule has 3 heterocycles. The Labute approximate surface area is 176 Å². The molecule has 2 atom stereocenters. The zero-order valence-corrected chi connectivity index (χ0v) is 17.6. The van der Waals surface area contributed by atoms with E-state index >= 15 is 0 Å². The first-order valence-electron chi connectivity index (χ1n) is 10.5. The number of aryl methyl sites for hydroxylation is 2. The third kappa shape index (κ3) is 3.29. The van der Waals surface area contributed by atoms with E-state index in [-0.39, 0.29) is 18.5 Å². The largest absolute Gasteiger partial charge is 0.307 e. The second kappa shape index (κ2) is 7.32. The number of aromatic nitrogens is 4. The minimum atomic E-state index is 0.0185. The highest BCUT2D eigenvalue weighted by molar-refractivity contribution is 5.96. The molecule has 154 valence electrons. The fourth-order valence-electron chi connectivity index (χ4n) is 4.73. The first-order valence-corrected chi connectivity index (χ1v) is 10.5. The molecule has 0 unspecified atom stereocenters. The van der Waals surface area contributed by atoms with Crippen LogP contribution in [0.15, 0.2) is 42.5 Å². The van der Waals surface area contributed by atoms with E-state index in [1.807, 2.05) is 36.1 Å². The average molecular weight is 403 g/mol. The number of tetrazole rings is 1. The van der Waals surface area contributed by atoms with E-state index in [1.165, 1.54) is 21.5 Å². The molecule has 30 heavy (non-hydrogen) atoms. The molecule has 0 spiro atoms. The maximum atomic E-state index is 13.4. The second-order valence-corrected chi connectivity index (χ2v) is 8.56. The van der Waals surface area contributed by atoms with Crippen molar-refractivity contribution in [1.29, 1.82) is 0 Å². The first-order chi connectivity index (χ1) is 14.5. The number of amides is 1. The average Bonchev–Trinajstić information content (AvgIpc) is 3.31. The summed E-state index contributed by atoms with van der Waals surface area (Å²) in [5.41, 5.74) is 5.63. The van der Waals surface area contributed by atoms with Crippen LogP contribution in [0.5, 0.6) is 0 Å². The smallest absolute Gasteiger partial charge is 0.250 e. The van der Waals surface area contributed by atoms with E-state index in [9.17, 15) is 4.79 Å². The van der Waals surface area contributed by atoms with Crippen LogP contribution in [0.3, 0.4) is 0 Å². The molecule has 1 aromatic heterocycles. The van der Waals surface area contributed by atoms with E-state index in [0.29, 0.717) is 11.7 Å². The van der Waals surface area contributed by atoms with Crippen molar-refractivity contribution in [1.82, 2.24) is 25.1 Å². The summed E-state index contributed by atoms with van der Waals surface area (Å²) in [4.78, 5) is 19.1. The van der Waals surface area contributed by atoms with Crippen LogP contribution in [0.25, 0.3) is 11.4 Å². The zero-order valence-electron chi connectivity index (χ0n) is 17.6. The van der Waals surface area contributed by atoms with E-state index < -0.39 is 0 Å². The summed E-state index contributed by atoms with van der Waals surface area (Å²) in [5.74, 6) is 0.914. The maximum Gasteiger partial charge on any atom is 0.250 e. The molecular weight excluding hydrogens is 376 g/mol. The molecule has 2 aliphatic heterocycles. The molecular formula is C23H26N6O. The Hall–Kier alpha value is -3.06.